The Balaban J connectivity index is 1.77. The van der Waals surface area contributed by atoms with Gasteiger partial charge in [0.15, 0.2) is 0 Å². The van der Waals surface area contributed by atoms with Crippen molar-refractivity contribution < 1.29 is 14.2 Å². The van der Waals surface area contributed by atoms with Crippen LogP contribution in [0.2, 0.25) is 10.0 Å². The number of aromatic amines is 1. The smallest absolute Gasteiger partial charge is 0.257 e. The molecule has 4 rings (SSSR count). The van der Waals surface area contributed by atoms with Gasteiger partial charge < -0.3 is 35.1 Å². The number of pyridine rings is 1. The molecule has 1 atom stereocenters. The summed E-state index contributed by atoms with van der Waals surface area (Å²) in [6.45, 7) is 3.51. The molecule has 10 nitrogen and oxygen atoms in total. The van der Waals surface area contributed by atoms with Crippen LogP contribution in [0.25, 0.3) is 22.2 Å². The van der Waals surface area contributed by atoms with Gasteiger partial charge in [-0.1, -0.05) is 30.1 Å². The summed E-state index contributed by atoms with van der Waals surface area (Å²) in [4.78, 5) is 27.5. The van der Waals surface area contributed by atoms with Crippen molar-refractivity contribution >= 4 is 45.6 Å². The van der Waals surface area contributed by atoms with E-state index in [-0.39, 0.29) is 21.5 Å². The van der Waals surface area contributed by atoms with Gasteiger partial charge in [-0.05, 0) is 32.3 Å². The Hall–Kier alpha value is -3.73. The standard InChI is InChI=1S/C28H32Cl2N6O4/c1-14(17-10-16(31)11-19(25(17)40-6)32-7-8-36(2)3)26-33-13-15-9-18(28(37)35-27(15)34-26)22-23(29)20(38-4)12-21(39-5)24(22)30/h9-14,32H,7-8,31H2,1-6H3,(H,33,34,35,37). The first kappa shape index (κ1) is 29.3. The molecule has 212 valence electrons. The Kier molecular flexibility index (Phi) is 8.92. The highest BCUT2D eigenvalue weighted by atomic mass is 35.5. The largest absolute Gasteiger partial charge is 0.495 e. The van der Waals surface area contributed by atoms with Crippen molar-refractivity contribution in [2.75, 3.05) is 59.6 Å². The predicted octanol–water partition coefficient (Wildman–Crippen LogP) is 5.03. The molecule has 0 saturated carbocycles. The van der Waals surface area contributed by atoms with Gasteiger partial charge in [0.05, 0.1) is 42.6 Å². The summed E-state index contributed by atoms with van der Waals surface area (Å²) in [5.74, 6) is 1.49. The molecule has 0 aliphatic carbocycles. The van der Waals surface area contributed by atoms with E-state index >= 15 is 0 Å². The second-order valence-corrected chi connectivity index (χ2v) is 10.2. The van der Waals surface area contributed by atoms with Gasteiger partial charge in [0, 0.05) is 53.5 Å². The number of aromatic nitrogens is 3. The molecule has 2 aromatic heterocycles. The van der Waals surface area contributed by atoms with Gasteiger partial charge in [0.2, 0.25) is 0 Å². The van der Waals surface area contributed by atoms with Gasteiger partial charge >= 0.3 is 0 Å². The fourth-order valence-electron chi connectivity index (χ4n) is 4.43. The average molecular weight is 588 g/mol. The number of benzene rings is 2. The van der Waals surface area contributed by atoms with Crippen LogP contribution >= 0.6 is 23.2 Å². The molecule has 0 bridgehead atoms. The van der Waals surface area contributed by atoms with Crippen molar-refractivity contribution in [1.29, 1.82) is 0 Å². The van der Waals surface area contributed by atoms with Crippen LogP contribution < -0.4 is 30.8 Å². The topological polar surface area (TPSA) is 128 Å². The number of nitrogens with two attached hydrogens (primary N) is 1. The van der Waals surface area contributed by atoms with E-state index in [2.05, 4.69) is 25.2 Å². The summed E-state index contributed by atoms with van der Waals surface area (Å²) in [6, 6.07) is 6.89. The summed E-state index contributed by atoms with van der Waals surface area (Å²) in [5.41, 5.74) is 8.88. The summed E-state index contributed by atoms with van der Waals surface area (Å²) in [5, 5.41) is 4.36. The third-order valence-electron chi connectivity index (χ3n) is 6.53. The first-order valence-corrected chi connectivity index (χ1v) is 13.2. The zero-order chi connectivity index (χ0) is 29.1. The van der Waals surface area contributed by atoms with Crippen LogP contribution in [0, 0.1) is 0 Å². The van der Waals surface area contributed by atoms with Crippen molar-refractivity contribution in [1.82, 2.24) is 19.9 Å². The summed E-state index contributed by atoms with van der Waals surface area (Å²) < 4.78 is 16.5. The number of ether oxygens (including phenoxy) is 3. The lowest BCUT2D eigenvalue weighted by Crippen LogP contribution is -2.21. The van der Waals surface area contributed by atoms with E-state index in [1.807, 2.05) is 33.2 Å². The number of anilines is 2. The number of H-pyrrole nitrogens is 1. The maximum Gasteiger partial charge on any atom is 0.257 e. The molecular formula is C28H32Cl2N6O4. The minimum atomic E-state index is -0.433. The van der Waals surface area contributed by atoms with Crippen LogP contribution in [0.5, 0.6) is 17.2 Å². The number of hydrogen-bond donors (Lipinski definition) is 3. The summed E-state index contributed by atoms with van der Waals surface area (Å²) >= 11 is 13.1. The molecule has 4 N–H and O–H groups in total. The highest BCUT2D eigenvalue weighted by molar-refractivity contribution is 6.41. The maximum atomic E-state index is 13.3. The van der Waals surface area contributed by atoms with Crippen molar-refractivity contribution in [3.8, 4) is 28.4 Å². The van der Waals surface area contributed by atoms with Gasteiger partial charge in [0.1, 0.15) is 28.7 Å². The van der Waals surface area contributed by atoms with E-state index in [1.165, 1.54) is 14.2 Å². The van der Waals surface area contributed by atoms with Gasteiger partial charge in [-0.3, -0.25) is 4.79 Å². The number of methoxy groups -OCH3 is 3. The van der Waals surface area contributed by atoms with Crippen molar-refractivity contribution in [2.24, 2.45) is 0 Å². The number of halogens is 2. The third kappa shape index (κ3) is 5.74. The third-order valence-corrected chi connectivity index (χ3v) is 7.28. The normalized spacial score (nSPS) is 12.0. The van der Waals surface area contributed by atoms with Crippen molar-refractivity contribution in [3.05, 3.63) is 62.2 Å². The number of rotatable bonds is 10. The molecule has 0 aliphatic heterocycles. The highest BCUT2D eigenvalue weighted by Gasteiger charge is 2.23. The maximum absolute atomic E-state index is 13.3. The van der Waals surface area contributed by atoms with Crippen LogP contribution in [-0.2, 0) is 0 Å². The number of likely N-dealkylation sites (N-methyl/N-ethyl adjacent to an activating group) is 1. The van der Waals surface area contributed by atoms with E-state index in [0.717, 1.165) is 17.8 Å². The lowest BCUT2D eigenvalue weighted by molar-refractivity contribution is 0.395. The monoisotopic (exact) mass is 586 g/mol. The van der Waals surface area contributed by atoms with Gasteiger partial charge in [-0.15, -0.1) is 0 Å². The average Bonchev–Trinajstić information content (AvgIpc) is 2.92. The van der Waals surface area contributed by atoms with E-state index < -0.39 is 5.56 Å². The number of nitrogens with zero attached hydrogens (tertiary/aromatic N) is 3. The summed E-state index contributed by atoms with van der Waals surface area (Å²) in [7, 11) is 8.57. The molecule has 0 radical (unpaired) electrons. The van der Waals surface area contributed by atoms with Crippen molar-refractivity contribution in [2.45, 2.75) is 12.8 Å². The first-order chi connectivity index (χ1) is 19.1. The van der Waals surface area contributed by atoms with Gasteiger partial charge in [-0.25, -0.2) is 9.97 Å². The number of nitrogens with one attached hydrogen (secondary N) is 2. The van der Waals surface area contributed by atoms with E-state index in [0.29, 0.717) is 51.9 Å². The van der Waals surface area contributed by atoms with Crippen LogP contribution in [0.15, 0.2) is 35.3 Å². The Morgan fingerprint density at radius 1 is 1.05 bits per heavy atom. The molecule has 4 aromatic rings. The second-order valence-electron chi connectivity index (χ2n) is 9.47. The first-order valence-electron chi connectivity index (χ1n) is 12.5. The van der Waals surface area contributed by atoms with Crippen LogP contribution in [0.3, 0.4) is 0 Å². The molecule has 12 heteroatoms. The van der Waals surface area contributed by atoms with Gasteiger partial charge in [-0.2, -0.15) is 0 Å². The predicted molar refractivity (Wildman–Crippen MR) is 161 cm³/mol. The fourth-order valence-corrected chi connectivity index (χ4v) is 5.14. The van der Waals surface area contributed by atoms with E-state index in [4.69, 9.17) is 43.1 Å². The molecule has 2 aromatic carbocycles. The lowest BCUT2D eigenvalue weighted by atomic mass is 9.97. The van der Waals surface area contributed by atoms with E-state index in [9.17, 15) is 4.79 Å². The Bertz CT molecular complexity index is 1580. The van der Waals surface area contributed by atoms with Gasteiger partial charge in [0.25, 0.3) is 5.56 Å². The van der Waals surface area contributed by atoms with Crippen LogP contribution in [0.4, 0.5) is 11.4 Å². The molecule has 0 aliphatic rings. The Morgan fingerprint density at radius 3 is 2.33 bits per heavy atom. The molecule has 0 spiro atoms. The Labute approximate surface area is 242 Å². The molecule has 0 saturated heterocycles. The molecule has 40 heavy (non-hydrogen) atoms. The Morgan fingerprint density at radius 2 is 1.73 bits per heavy atom. The lowest BCUT2D eigenvalue weighted by Gasteiger charge is -2.20. The van der Waals surface area contributed by atoms with Crippen molar-refractivity contribution in [3.63, 3.8) is 0 Å². The number of hydrogen-bond acceptors (Lipinski definition) is 9. The molecule has 0 fully saturated rings. The minimum Gasteiger partial charge on any atom is -0.495 e. The van der Waals surface area contributed by atoms with E-state index in [1.54, 1.807) is 25.4 Å². The minimum absolute atomic E-state index is 0.188. The second kappa shape index (κ2) is 12.2. The zero-order valence-electron chi connectivity index (χ0n) is 23.2. The number of nitrogen functional groups attached to an aromatic ring is 1. The molecule has 0 amide bonds. The fraction of sp³-hybridized carbons (Fsp3) is 0.321. The molecule has 2 heterocycles. The SMILES string of the molecule is COc1cc(OC)c(Cl)c(-c2cc3cnc(C(C)c4cc(N)cc(NCCN(C)C)c4OC)nc3[nH]c2=O)c1Cl. The molecule has 1 unspecified atom stereocenters. The molecular weight excluding hydrogens is 555 g/mol. The quantitative estimate of drug-likeness (QED) is 0.219. The summed E-state index contributed by atoms with van der Waals surface area (Å²) in [6.07, 6.45) is 1.64. The zero-order valence-corrected chi connectivity index (χ0v) is 24.7. The highest BCUT2D eigenvalue weighted by Crippen LogP contribution is 2.45. The van der Waals surface area contributed by atoms with Crippen LogP contribution in [0.1, 0.15) is 24.2 Å². The van der Waals surface area contributed by atoms with Crippen LogP contribution in [-0.4, -0.2) is 68.4 Å². The number of fused-ring (bicyclic) bond motifs is 1.